The van der Waals surface area contributed by atoms with Crippen LogP contribution in [0.2, 0.25) is 0 Å². The maximum absolute atomic E-state index is 14.4. The topological polar surface area (TPSA) is 284 Å². The average molecular weight is 883 g/mol. The van der Waals surface area contributed by atoms with Gasteiger partial charge in [-0.1, -0.05) is 68.4 Å². The number of phenolic OH excluding ortho intramolecular Hbond substituents is 2. The van der Waals surface area contributed by atoms with Gasteiger partial charge in [-0.3, -0.25) is 33.6 Å². The van der Waals surface area contributed by atoms with E-state index >= 15 is 0 Å². The fourth-order valence-electron chi connectivity index (χ4n) is 8.06. The van der Waals surface area contributed by atoms with Gasteiger partial charge in [-0.25, -0.2) is 0 Å². The number of carbonyl (C=O) groups excluding carboxylic acids is 8. The van der Waals surface area contributed by atoms with Crippen LogP contribution in [0.1, 0.15) is 62.6 Å². The average Bonchev–Trinajstić information content (AvgIpc) is 3.97. The summed E-state index contributed by atoms with van der Waals surface area (Å²) in [7, 11) is 0. The number of hydrogen-bond acceptors (Lipinski definition) is 11. The van der Waals surface area contributed by atoms with Gasteiger partial charge in [0.15, 0.2) is 0 Å². The molecular weight excluding hydrogens is 825 g/mol. The van der Waals surface area contributed by atoms with Crippen molar-refractivity contribution in [3.05, 3.63) is 95.6 Å². The predicted octanol–water partition coefficient (Wildman–Crippen LogP) is 0.105. The van der Waals surface area contributed by atoms with Crippen LogP contribution in [0.15, 0.2) is 78.9 Å². The molecule has 2 fully saturated rings. The number of nitrogens with two attached hydrogens (primary N) is 2. The first kappa shape index (κ1) is 48.2. The van der Waals surface area contributed by atoms with Crippen molar-refractivity contribution >= 4 is 47.6 Å². The van der Waals surface area contributed by atoms with E-state index in [9.17, 15) is 48.6 Å². The maximum Gasteiger partial charge on any atom is 0.246 e. The standard InChI is InChI=1S/C46H58N8O10/c1-27(2)40(52-43(61)38-11-7-21-54(38)46(64)36(25-39(48)58)50-41(59)34(47)23-28-8-4-3-5-9-28)44(62)51-35(24-30-14-18-33(57)19-15-30)45(63)53-20-6-10-37(53)42(60)49-31(26-55)22-29-12-16-32(56)17-13-29/h3-5,8-9,12-19,26-27,31,34-38,40,56-57H,6-7,10-11,20-25,47H2,1-2H3,(H2,48,58)(H,49,60)(H,50,59)(H,51,62)(H,52,61)/t31-,34-,35-,36-,37-,38-,40-/m0/s1. The second kappa shape index (κ2) is 22.5. The van der Waals surface area contributed by atoms with Crippen molar-refractivity contribution in [2.24, 2.45) is 17.4 Å². The number of amides is 7. The maximum atomic E-state index is 14.4. The third-order valence-corrected chi connectivity index (χ3v) is 11.5. The van der Waals surface area contributed by atoms with Crippen LogP contribution in [0, 0.1) is 5.92 Å². The third-order valence-electron chi connectivity index (χ3n) is 11.5. The second-order valence-corrected chi connectivity index (χ2v) is 16.7. The molecule has 2 aliphatic rings. The summed E-state index contributed by atoms with van der Waals surface area (Å²) < 4.78 is 0. The van der Waals surface area contributed by atoms with Crippen molar-refractivity contribution in [1.82, 2.24) is 31.1 Å². The van der Waals surface area contributed by atoms with E-state index in [-0.39, 0.29) is 50.3 Å². The summed E-state index contributed by atoms with van der Waals surface area (Å²) in [5, 5.41) is 30.4. The Bertz CT molecular complexity index is 2140. The SMILES string of the molecule is CC(C)[C@H](NC(=O)[C@@H]1CCCN1C(=O)[C@H](CC(N)=O)NC(=O)[C@@H](N)Cc1ccccc1)C(=O)N[C@@H](Cc1ccc(O)cc1)C(=O)N1CCC[C@H]1C(=O)N[C@H](C=O)Cc1ccc(O)cc1. The fourth-order valence-corrected chi connectivity index (χ4v) is 8.06. The number of aldehydes is 1. The van der Waals surface area contributed by atoms with Crippen LogP contribution in [0.5, 0.6) is 11.5 Å². The normalized spacial score (nSPS) is 18.2. The molecule has 0 bridgehead atoms. The number of phenols is 2. The summed E-state index contributed by atoms with van der Waals surface area (Å²) in [5.74, 6) is -5.25. The number of nitrogens with one attached hydrogen (secondary N) is 4. The fraction of sp³-hybridized carbons (Fsp3) is 0.435. The van der Waals surface area contributed by atoms with Crippen LogP contribution in [-0.4, -0.2) is 123 Å². The van der Waals surface area contributed by atoms with Gasteiger partial charge in [0.25, 0.3) is 0 Å². The zero-order valence-corrected chi connectivity index (χ0v) is 36.0. The Balaban J connectivity index is 1.29. The zero-order chi connectivity index (χ0) is 46.5. The van der Waals surface area contributed by atoms with Crippen molar-refractivity contribution in [2.45, 2.75) is 108 Å². The number of nitrogens with zero attached hydrogens (tertiary/aromatic N) is 2. The Kier molecular flexibility index (Phi) is 17.0. The molecule has 7 atom stereocenters. The minimum atomic E-state index is -1.41. The Morgan fingerprint density at radius 2 is 1.14 bits per heavy atom. The molecule has 0 aromatic heterocycles. The van der Waals surface area contributed by atoms with Crippen molar-refractivity contribution in [2.75, 3.05) is 13.1 Å². The lowest BCUT2D eigenvalue weighted by molar-refractivity contribution is -0.144. The largest absolute Gasteiger partial charge is 0.508 e. The summed E-state index contributed by atoms with van der Waals surface area (Å²) in [6.07, 6.45) is 1.73. The molecule has 0 saturated carbocycles. The van der Waals surface area contributed by atoms with Crippen molar-refractivity contribution in [3.63, 3.8) is 0 Å². The Labute approximate surface area is 371 Å². The van der Waals surface area contributed by atoms with E-state index in [0.717, 1.165) is 5.56 Å². The van der Waals surface area contributed by atoms with Gasteiger partial charge in [-0.2, -0.15) is 0 Å². The van der Waals surface area contributed by atoms with E-state index in [2.05, 4.69) is 21.3 Å². The highest BCUT2D eigenvalue weighted by Gasteiger charge is 2.42. The van der Waals surface area contributed by atoms with Crippen LogP contribution >= 0.6 is 0 Å². The minimum absolute atomic E-state index is 0.0130. The molecule has 64 heavy (non-hydrogen) atoms. The lowest BCUT2D eigenvalue weighted by Gasteiger charge is -2.32. The molecule has 2 heterocycles. The lowest BCUT2D eigenvalue weighted by Crippen LogP contribution is -2.60. The first-order chi connectivity index (χ1) is 30.5. The first-order valence-corrected chi connectivity index (χ1v) is 21.5. The number of carbonyl (C=O) groups is 8. The summed E-state index contributed by atoms with van der Waals surface area (Å²) in [6.45, 7) is 3.69. The van der Waals surface area contributed by atoms with E-state index in [1.54, 1.807) is 62.4 Å². The molecular formula is C46H58N8O10. The van der Waals surface area contributed by atoms with Crippen molar-refractivity contribution in [3.8, 4) is 11.5 Å². The quantitative estimate of drug-likeness (QED) is 0.0705. The number of aromatic hydroxyl groups is 2. The predicted molar refractivity (Wildman–Crippen MR) is 234 cm³/mol. The molecule has 10 N–H and O–H groups in total. The van der Waals surface area contributed by atoms with E-state index in [0.29, 0.717) is 36.7 Å². The Morgan fingerprint density at radius 1 is 0.656 bits per heavy atom. The van der Waals surface area contributed by atoms with Crippen molar-refractivity contribution in [1.29, 1.82) is 0 Å². The molecule has 18 heteroatoms. The molecule has 342 valence electrons. The highest BCUT2D eigenvalue weighted by molar-refractivity contribution is 5.98. The number of rotatable bonds is 20. The molecule has 0 radical (unpaired) electrons. The Hall–Kier alpha value is -6.82. The Morgan fingerprint density at radius 3 is 1.66 bits per heavy atom. The summed E-state index contributed by atoms with van der Waals surface area (Å²) >= 11 is 0. The van der Waals surface area contributed by atoms with Gasteiger partial charge in [0.1, 0.15) is 48.0 Å². The number of primary amides is 1. The van der Waals surface area contributed by atoms with Crippen LogP contribution in [0.3, 0.4) is 0 Å². The van der Waals surface area contributed by atoms with Crippen LogP contribution in [0.4, 0.5) is 0 Å². The van der Waals surface area contributed by atoms with Gasteiger partial charge >= 0.3 is 0 Å². The molecule has 3 aromatic carbocycles. The third kappa shape index (κ3) is 13.1. The van der Waals surface area contributed by atoms with Gasteiger partial charge < -0.3 is 57.5 Å². The molecule has 7 amide bonds. The second-order valence-electron chi connectivity index (χ2n) is 16.7. The molecule has 0 aliphatic carbocycles. The highest BCUT2D eigenvalue weighted by atomic mass is 16.3. The summed E-state index contributed by atoms with van der Waals surface area (Å²) in [6, 6.07) is 13.4. The van der Waals surface area contributed by atoms with Gasteiger partial charge in [0.2, 0.25) is 41.4 Å². The number of benzene rings is 3. The summed E-state index contributed by atoms with van der Waals surface area (Å²) in [5.41, 5.74) is 13.7. The smallest absolute Gasteiger partial charge is 0.246 e. The monoisotopic (exact) mass is 882 g/mol. The zero-order valence-electron chi connectivity index (χ0n) is 36.0. The molecule has 0 spiro atoms. The van der Waals surface area contributed by atoms with E-state index in [1.165, 1.54) is 34.1 Å². The van der Waals surface area contributed by atoms with Crippen LogP contribution in [0.25, 0.3) is 0 Å². The molecule has 2 aliphatic heterocycles. The van der Waals surface area contributed by atoms with Crippen molar-refractivity contribution < 1.29 is 48.6 Å². The van der Waals surface area contributed by atoms with Crippen LogP contribution in [-0.2, 0) is 57.6 Å². The molecule has 3 aromatic rings. The van der Waals surface area contributed by atoms with Crippen LogP contribution < -0.4 is 32.7 Å². The molecule has 5 rings (SSSR count). The van der Waals surface area contributed by atoms with Gasteiger partial charge in [-0.15, -0.1) is 0 Å². The van der Waals surface area contributed by atoms with E-state index in [4.69, 9.17) is 11.5 Å². The number of hydrogen-bond donors (Lipinski definition) is 8. The highest BCUT2D eigenvalue weighted by Crippen LogP contribution is 2.23. The van der Waals surface area contributed by atoms with Gasteiger partial charge in [-0.05, 0) is 85.4 Å². The van der Waals surface area contributed by atoms with Gasteiger partial charge in [0, 0.05) is 19.5 Å². The minimum Gasteiger partial charge on any atom is -0.508 e. The summed E-state index contributed by atoms with van der Waals surface area (Å²) in [4.78, 5) is 110. The molecule has 2 saturated heterocycles. The van der Waals surface area contributed by atoms with E-state index < -0.39 is 96.0 Å². The first-order valence-electron chi connectivity index (χ1n) is 21.5. The molecule has 0 unspecified atom stereocenters. The van der Waals surface area contributed by atoms with E-state index in [1.807, 2.05) is 6.07 Å². The number of likely N-dealkylation sites (tertiary alicyclic amines) is 2. The van der Waals surface area contributed by atoms with Gasteiger partial charge in [0.05, 0.1) is 18.5 Å². The molecule has 18 nitrogen and oxygen atoms in total. The lowest BCUT2D eigenvalue weighted by atomic mass is 9.99.